The number of carbonyl (C=O) groups is 1. The maximum Gasteiger partial charge on any atom is 0.342 e. The third-order valence-corrected chi connectivity index (χ3v) is 4.66. The number of aromatic nitrogens is 1. The Labute approximate surface area is 174 Å². The van der Waals surface area contributed by atoms with Crippen LogP contribution in [0.4, 0.5) is 0 Å². The van der Waals surface area contributed by atoms with Crippen LogP contribution in [0.3, 0.4) is 0 Å². The molecule has 5 heteroatoms. The molecule has 0 spiro atoms. The van der Waals surface area contributed by atoms with Gasteiger partial charge in [-0.1, -0.05) is 48.5 Å². The van der Waals surface area contributed by atoms with Crippen molar-refractivity contribution in [3.05, 3.63) is 90.1 Å². The Morgan fingerprint density at radius 3 is 2.50 bits per heavy atom. The van der Waals surface area contributed by atoms with Crippen molar-refractivity contribution in [1.29, 1.82) is 5.26 Å². The number of ether oxygens (including phenoxy) is 2. The van der Waals surface area contributed by atoms with E-state index < -0.39 is 5.97 Å². The first-order valence-electron chi connectivity index (χ1n) is 9.53. The molecule has 0 amide bonds. The Balaban J connectivity index is 1.70. The van der Waals surface area contributed by atoms with Gasteiger partial charge in [-0.05, 0) is 42.3 Å². The molecule has 0 saturated heterocycles. The zero-order valence-electron chi connectivity index (χ0n) is 16.3. The molecule has 4 aromatic rings. The molecule has 0 atom stereocenters. The molecule has 0 saturated carbocycles. The summed E-state index contributed by atoms with van der Waals surface area (Å²) in [6, 6.07) is 24.4. The van der Waals surface area contributed by atoms with Crippen molar-refractivity contribution in [3.63, 3.8) is 0 Å². The summed E-state index contributed by atoms with van der Waals surface area (Å²) < 4.78 is 11.2. The molecule has 1 aromatic heterocycles. The summed E-state index contributed by atoms with van der Waals surface area (Å²) in [6.07, 6.45) is 1.54. The molecule has 0 bridgehead atoms. The summed E-state index contributed by atoms with van der Waals surface area (Å²) in [5.74, 6) is 0.429. The van der Waals surface area contributed by atoms with Crippen LogP contribution in [0.25, 0.3) is 22.0 Å². The summed E-state index contributed by atoms with van der Waals surface area (Å²) in [5, 5.41) is 9.99. The Hall–Kier alpha value is -4.17. The standard InChI is InChI=1S/C25H18N2O3/c1-2-29-25(28)24-21-9-5-6-10-22(21)27-16-23(24)30-19-13-11-17(12-14-19)20-8-4-3-7-18(20)15-26/h3-14,16H,2H2,1H3. The molecular formula is C25H18N2O3. The van der Waals surface area contributed by atoms with E-state index in [4.69, 9.17) is 9.47 Å². The van der Waals surface area contributed by atoms with Crippen molar-refractivity contribution >= 4 is 16.9 Å². The van der Waals surface area contributed by atoms with Gasteiger partial charge in [-0.2, -0.15) is 5.26 Å². The van der Waals surface area contributed by atoms with Crippen molar-refractivity contribution < 1.29 is 14.3 Å². The number of nitrogens with zero attached hydrogens (tertiary/aromatic N) is 2. The quantitative estimate of drug-likeness (QED) is 0.404. The number of carbonyl (C=O) groups excluding carboxylic acids is 1. The van der Waals surface area contributed by atoms with Gasteiger partial charge in [-0.25, -0.2) is 4.79 Å². The highest BCUT2D eigenvalue weighted by molar-refractivity contribution is 6.05. The van der Waals surface area contributed by atoms with Gasteiger partial charge in [-0.3, -0.25) is 4.98 Å². The molecule has 146 valence electrons. The van der Waals surface area contributed by atoms with Gasteiger partial charge >= 0.3 is 5.97 Å². The van der Waals surface area contributed by atoms with E-state index in [0.29, 0.717) is 33.5 Å². The fraction of sp³-hybridized carbons (Fsp3) is 0.0800. The largest absolute Gasteiger partial charge is 0.462 e. The van der Waals surface area contributed by atoms with E-state index >= 15 is 0 Å². The van der Waals surface area contributed by atoms with Gasteiger partial charge in [0.05, 0.1) is 30.0 Å². The van der Waals surface area contributed by atoms with Gasteiger partial charge in [-0.15, -0.1) is 0 Å². The Morgan fingerprint density at radius 2 is 1.73 bits per heavy atom. The fourth-order valence-electron chi connectivity index (χ4n) is 3.28. The second kappa shape index (κ2) is 8.46. The Morgan fingerprint density at radius 1 is 1.00 bits per heavy atom. The van der Waals surface area contributed by atoms with Crippen LogP contribution in [-0.4, -0.2) is 17.6 Å². The number of esters is 1. The van der Waals surface area contributed by atoms with Crippen LogP contribution in [0.5, 0.6) is 11.5 Å². The Kier molecular flexibility index (Phi) is 5.40. The topological polar surface area (TPSA) is 72.2 Å². The van der Waals surface area contributed by atoms with E-state index in [2.05, 4.69) is 11.1 Å². The summed E-state index contributed by atoms with van der Waals surface area (Å²) in [4.78, 5) is 17.0. The molecule has 0 aliphatic rings. The molecule has 30 heavy (non-hydrogen) atoms. The summed E-state index contributed by atoms with van der Waals surface area (Å²) >= 11 is 0. The zero-order valence-corrected chi connectivity index (χ0v) is 16.3. The molecule has 0 fully saturated rings. The number of rotatable bonds is 5. The van der Waals surface area contributed by atoms with Gasteiger partial charge in [0.15, 0.2) is 5.75 Å². The third-order valence-electron chi connectivity index (χ3n) is 4.66. The van der Waals surface area contributed by atoms with Crippen LogP contribution in [-0.2, 0) is 4.74 Å². The number of hydrogen-bond acceptors (Lipinski definition) is 5. The average Bonchev–Trinajstić information content (AvgIpc) is 2.79. The van der Waals surface area contributed by atoms with E-state index in [1.807, 2.05) is 54.6 Å². The minimum Gasteiger partial charge on any atom is -0.462 e. The highest BCUT2D eigenvalue weighted by atomic mass is 16.5. The van der Waals surface area contributed by atoms with Crippen LogP contribution < -0.4 is 4.74 Å². The first-order valence-corrected chi connectivity index (χ1v) is 9.53. The number of nitriles is 1. The van der Waals surface area contributed by atoms with Crippen LogP contribution in [0, 0.1) is 11.3 Å². The van der Waals surface area contributed by atoms with Crippen LogP contribution >= 0.6 is 0 Å². The van der Waals surface area contributed by atoms with Crippen LogP contribution in [0.2, 0.25) is 0 Å². The smallest absolute Gasteiger partial charge is 0.342 e. The number of fused-ring (bicyclic) bond motifs is 1. The highest BCUT2D eigenvalue weighted by Crippen LogP contribution is 2.32. The molecule has 4 rings (SSSR count). The van der Waals surface area contributed by atoms with E-state index in [9.17, 15) is 10.1 Å². The minimum atomic E-state index is -0.453. The zero-order chi connectivity index (χ0) is 20.9. The molecule has 1 heterocycles. The lowest BCUT2D eigenvalue weighted by Crippen LogP contribution is -2.08. The van der Waals surface area contributed by atoms with Gasteiger partial charge in [0.1, 0.15) is 11.3 Å². The lowest BCUT2D eigenvalue weighted by molar-refractivity contribution is 0.0526. The average molecular weight is 394 g/mol. The predicted octanol–water partition coefficient (Wildman–Crippen LogP) is 5.74. The first-order chi connectivity index (χ1) is 14.7. The van der Waals surface area contributed by atoms with Gasteiger partial charge in [0.2, 0.25) is 0 Å². The number of para-hydroxylation sites is 1. The third kappa shape index (κ3) is 3.71. The second-order valence-electron chi connectivity index (χ2n) is 6.52. The number of hydrogen-bond donors (Lipinski definition) is 0. The predicted molar refractivity (Wildman–Crippen MR) is 114 cm³/mol. The normalized spacial score (nSPS) is 10.4. The number of benzene rings is 3. The van der Waals surface area contributed by atoms with E-state index in [0.717, 1.165) is 11.1 Å². The van der Waals surface area contributed by atoms with Gasteiger partial charge in [0, 0.05) is 5.39 Å². The molecule has 0 radical (unpaired) electrons. The van der Waals surface area contributed by atoms with E-state index in [-0.39, 0.29) is 6.61 Å². The van der Waals surface area contributed by atoms with Gasteiger partial charge < -0.3 is 9.47 Å². The van der Waals surface area contributed by atoms with Gasteiger partial charge in [0.25, 0.3) is 0 Å². The highest BCUT2D eigenvalue weighted by Gasteiger charge is 2.19. The molecule has 3 aromatic carbocycles. The van der Waals surface area contributed by atoms with Crippen molar-refractivity contribution in [3.8, 4) is 28.7 Å². The lowest BCUT2D eigenvalue weighted by atomic mass is 10.0. The fourth-order valence-corrected chi connectivity index (χ4v) is 3.28. The Bertz CT molecular complexity index is 1260. The summed E-state index contributed by atoms with van der Waals surface area (Å²) in [5.41, 5.74) is 3.40. The van der Waals surface area contributed by atoms with Crippen molar-refractivity contribution in [1.82, 2.24) is 4.98 Å². The molecular weight excluding hydrogens is 376 g/mol. The van der Waals surface area contributed by atoms with E-state index in [1.54, 1.807) is 25.1 Å². The van der Waals surface area contributed by atoms with Crippen LogP contribution in [0.1, 0.15) is 22.8 Å². The SMILES string of the molecule is CCOC(=O)c1c(Oc2ccc(-c3ccccc3C#N)cc2)cnc2ccccc12. The minimum absolute atomic E-state index is 0.266. The maximum absolute atomic E-state index is 12.6. The van der Waals surface area contributed by atoms with E-state index in [1.165, 1.54) is 6.20 Å². The molecule has 0 aliphatic heterocycles. The second-order valence-corrected chi connectivity index (χ2v) is 6.52. The molecule has 0 aliphatic carbocycles. The molecule has 5 nitrogen and oxygen atoms in total. The van der Waals surface area contributed by atoms with Crippen LogP contribution in [0.15, 0.2) is 79.0 Å². The van der Waals surface area contributed by atoms with Crippen molar-refractivity contribution in [2.24, 2.45) is 0 Å². The monoisotopic (exact) mass is 394 g/mol. The van der Waals surface area contributed by atoms with Crippen molar-refractivity contribution in [2.45, 2.75) is 6.92 Å². The summed E-state index contributed by atoms with van der Waals surface area (Å²) in [7, 11) is 0. The molecule has 0 unspecified atom stereocenters. The summed E-state index contributed by atoms with van der Waals surface area (Å²) in [6.45, 7) is 2.03. The maximum atomic E-state index is 12.6. The lowest BCUT2D eigenvalue weighted by Gasteiger charge is -2.13. The molecule has 0 N–H and O–H groups in total. The first kappa shape index (κ1) is 19.2. The number of pyridine rings is 1. The van der Waals surface area contributed by atoms with Crippen molar-refractivity contribution in [2.75, 3.05) is 6.61 Å².